The first-order valence-corrected chi connectivity index (χ1v) is 6.59. The molecule has 1 heterocycles. The zero-order chi connectivity index (χ0) is 13.1. The molecule has 0 spiro atoms. The van der Waals surface area contributed by atoms with Gasteiger partial charge in [-0.05, 0) is 32.0 Å². The molecule has 0 bridgehead atoms. The van der Waals surface area contributed by atoms with Crippen molar-refractivity contribution in [3.8, 4) is 5.75 Å². The van der Waals surface area contributed by atoms with Gasteiger partial charge in [0.05, 0.1) is 22.9 Å². The van der Waals surface area contributed by atoms with E-state index < -0.39 is 0 Å². The normalized spacial score (nSPS) is 10.9. The predicted octanol–water partition coefficient (Wildman–Crippen LogP) is 2.94. The Bertz CT molecular complexity index is 537. The number of nitrogens with two attached hydrogens (primary N) is 1. The molecular weight excluding hydrogens is 246 g/mol. The number of benzene rings is 1. The first-order chi connectivity index (χ1) is 8.54. The van der Waals surface area contributed by atoms with Gasteiger partial charge in [-0.2, -0.15) is 5.10 Å². The summed E-state index contributed by atoms with van der Waals surface area (Å²) in [5.41, 5.74) is 6.55. The number of anilines is 1. The van der Waals surface area contributed by atoms with Crippen LogP contribution in [0.2, 0.25) is 0 Å². The van der Waals surface area contributed by atoms with E-state index in [4.69, 9.17) is 10.5 Å². The van der Waals surface area contributed by atoms with Crippen LogP contribution in [0.5, 0.6) is 5.75 Å². The number of hydrogen-bond donors (Lipinski definition) is 1. The molecule has 0 saturated carbocycles. The Labute approximate surface area is 111 Å². The standard InChI is InChI=1S/C13H17N3OS/c1-9(2)17-13-6-10(4-5-12(13)14)18-11-7-15-16(3)8-11/h4-9H,14H2,1-3H3. The lowest BCUT2D eigenvalue weighted by atomic mass is 10.3. The first-order valence-electron chi connectivity index (χ1n) is 5.77. The van der Waals surface area contributed by atoms with Crippen molar-refractivity contribution in [2.45, 2.75) is 29.7 Å². The third-order valence-corrected chi connectivity index (χ3v) is 3.20. The largest absolute Gasteiger partial charge is 0.489 e. The minimum absolute atomic E-state index is 0.117. The summed E-state index contributed by atoms with van der Waals surface area (Å²) in [5, 5.41) is 4.14. The lowest BCUT2D eigenvalue weighted by Crippen LogP contribution is -2.07. The van der Waals surface area contributed by atoms with Crippen LogP contribution in [0.25, 0.3) is 0 Å². The monoisotopic (exact) mass is 263 g/mol. The molecule has 0 aliphatic heterocycles. The molecular formula is C13H17N3OS. The molecule has 0 saturated heterocycles. The molecule has 2 N–H and O–H groups in total. The van der Waals surface area contributed by atoms with Crippen LogP contribution in [0.15, 0.2) is 40.4 Å². The van der Waals surface area contributed by atoms with Gasteiger partial charge in [0, 0.05) is 18.1 Å². The SMILES string of the molecule is CC(C)Oc1cc(Sc2cnn(C)c2)ccc1N. The van der Waals surface area contributed by atoms with Crippen LogP contribution in [0.4, 0.5) is 5.69 Å². The Morgan fingerprint density at radius 2 is 2.11 bits per heavy atom. The molecule has 5 heteroatoms. The van der Waals surface area contributed by atoms with Gasteiger partial charge in [0.2, 0.25) is 0 Å². The lowest BCUT2D eigenvalue weighted by molar-refractivity contribution is 0.243. The van der Waals surface area contributed by atoms with Gasteiger partial charge in [0.15, 0.2) is 0 Å². The Kier molecular flexibility index (Phi) is 3.81. The maximum Gasteiger partial charge on any atom is 0.143 e. The summed E-state index contributed by atoms with van der Waals surface area (Å²) in [5.74, 6) is 0.735. The van der Waals surface area contributed by atoms with E-state index in [1.165, 1.54) is 0 Å². The van der Waals surface area contributed by atoms with E-state index in [-0.39, 0.29) is 6.10 Å². The molecule has 0 atom stereocenters. The summed E-state index contributed by atoms with van der Waals surface area (Å²) in [4.78, 5) is 2.19. The van der Waals surface area contributed by atoms with E-state index in [1.54, 1.807) is 16.4 Å². The van der Waals surface area contributed by atoms with E-state index in [9.17, 15) is 0 Å². The molecule has 0 amide bonds. The smallest absolute Gasteiger partial charge is 0.143 e. The van der Waals surface area contributed by atoms with Crippen molar-refractivity contribution in [2.24, 2.45) is 7.05 Å². The maximum atomic E-state index is 5.88. The van der Waals surface area contributed by atoms with Crippen LogP contribution < -0.4 is 10.5 Å². The maximum absolute atomic E-state index is 5.88. The summed E-state index contributed by atoms with van der Waals surface area (Å²) >= 11 is 1.64. The van der Waals surface area contributed by atoms with E-state index >= 15 is 0 Å². The zero-order valence-corrected chi connectivity index (χ0v) is 11.6. The van der Waals surface area contributed by atoms with Gasteiger partial charge in [-0.3, -0.25) is 4.68 Å². The van der Waals surface area contributed by atoms with E-state index in [1.807, 2.05) is 51.5 Å². The molecule has 96 valence electrons. The van der Waals surface area contributed by atoms with Gasteiger partial charge < -0.3 is 10.5 Å². The average Bonchev–Trinajstić information content (AvgIpc) is 2.68. The van der Waals surface area contributed by atoms with Crippen LogP contribution in [0.1, 0.15) is 13.8 Å². The molecule has 2 rings (SSSR count). The van der Waals surface area contributed by atoms with Gasteiger partial charge in [-0.1, -0.05) is 11.8 Å². The molecule has 0 radical (unpaired) electrons. The molecule has 1 aromatic heterocycles. The highest BCUT2D eigenvalue weighted by Gasteiger charge is 2.06. The van der Waals surface area contributed by atoms with Gasteiger partial charge in [0.25, 0.3) is 0 Å². The topological polar surface area (TPSA) is 53.1 Å². The number of hydrogen-bond acceptors (Lipinski definition) is 4. The highest BCUT2D eigenvalue weighted by Crippen LogP contribution is 2.33. The van der Waals surface area contributed by atoms with Crippen molar-refractivity contribution in [3.63, 3.8) is 0 Å². The lowest BCUT2D eigenvalue weighted by Gasteiger charge is -2.13. The molecule has 0 aliphatic rings. The molecule has 4 nitrogen and oxygen atoms in total. The van der Waals surface area contributed by atoms with Crippen molar-refractivity contribution in [1.29, 1.82) is 0 Å². The second-order valence-electron chi connectivity index (χ2n) is 4.32. The summed E-state index contributed by atoms with van der Waals surface area (Å²) in [6.07, 6.45) is 3.93. The van der Waals surface area contributed by atoms with E-state index in [0.29, 0.717) is 5.69 Å². The molecule has 0 unspecified atom stereocenters. The molecule has 18 heavy (non-hydrogen) atoms. The van der Waals surface area contributed by atoms with Gasteiger partial charge in [-0.15, -0.1) is 0 Å². The van der Waals surface area contributed by atoms with Crippen LogP contribution in [0.3, 0.4) is 0 Å². The number of ether oxygens (including phenoxy) is 1. The van der Waals surface area contributed by atoms with Crippen molar-refractivity contribution in [2.75, 3.05) is 5.73 Å². The zero-order valence-electron chi connectivity index (χ0n) is 10.8. The fraction of sp³-hybridized carbons (Fsp3) is 0.308. The average molecular weight is 263 g/mol. The third-order valence-electron chi connectivity index (χ3n) is 2.26. The number of nitrogen functional groups attached to an aromatic ring is 1. The number of nitrogens with zero attached hydrogens (tertiary/aromatic N) is 2. The van der Waals surface area contributed by atoms with Crippen molar-refractivity contribution < 1.29 is 4.74 Å². The minimum Gasteiger partial charge on any atom is -0.489 e. The van der Waals surface area contributed by atoms with Gasteiger partial charge in [0.1, 0.15) is 5.75 Å². The van der Waals surface area contributed by atoms with Gasteiger partial charge >= 0.3 is 0 Å². The second-order valence-corrected chi connectivity index (χ2v) is 5.46. The number of rotatable bonds is 4. The molecule has 1 aromatic carbocycles. The summed E-state index contributed by atoms with van der Waals surface area (Å²) in [7, 11) is 1.90. The number of aryl methyl sites for hydroxylation is 1. The highest BCUT2D eigenvalue weighted by atomic mass is 32.2. The van der Waals surface area contributed by atoms with Gasteiger partial charge in [-0.25, -0.2) is 0 Å². The predicted molar refractivity (Wildman–Crippen MR) is 73.9 cm³/mol. The summed E-state index contributed by atoms with van der Waals surface area (Å²) < 4.78 is 7.45. The molecule has 0 fully saturated rings. The summed E-state index contributed by atoms with van der Waals surface area (Å²) in [6, 6.07) is 5.82. The Morgan fingerprint density at radius 3 is 2.72 bits per heavy atom. The van der Waals surface area contributed by atoms with Crippen LogP contribution in [-0.4, -0.2) is 15.9 Å². The van der Waals surface area contributed by atoms with Crippen LogP contribution in [-0.2, 0) is 7.05 Å². The fourth-order valence-corrected chi connectivity index (χ4v) is 2.40. The first kappa shape index (κ1) is 12.8. The van der Waals surface area contributed by atoms with E-state index in [2.05, 4.69) is 5.10 Å². The van der Waals surface area contributed by atoms with Crippen molar-refractivity contribution in [1.82, 2.24) is 9.78 Å². The quantitative estimate of drug-likeness (QED) is 0.862. The van der Waals surface area contributed by atoms with Crippen molar-refractivity contribution >= 4 is 17.4 Å². The van der Waals surface area contributed by atoms with Crippen LogP contribution >= 0.6 is 11.8 Å². The van der Waals surface area contributed by atoms with Crippen molar-refractivity contribution in [3.05, 3.63) is 30.6 Å². The Morgan fingerprint density at radius 1 is 1.33 bits per heavy atom. The highest BCUT2D eigenvalue weighted by molar-refractivity contribution is 7.99. The third kappa shape index (κ3) is 3.20. The second kappa shape index (κ2) is 5.35. The molecule has 2 aromatic rings. The fourth-order valence-electron chi connectivity index (χ4n) is 1.52. The summed E-state index contributed by atoms with van der Waals surface area (Å²) in [6.45, 7) is 3.97. The van der Waals surface area contributed by atoms with Crippen LogP contribution in [0, 0.1) is 0 Å². The number of aromatic nitrogens is 2. The Hall–Kier alpha value is -1.62. The van der Waals surface area contributed by atoms with E-state index in [0.717, 1.165) is 15.5 Å². The Balaban J connectivity index is 2.18. The minimum atomic E-state index is 0.117. The molecule has 0 aliphatic carbocycles.